The summed E-state index contributed by atoms with van der Waals surface area (Å²) in [6.45, 7) is 4.02. The second-order valence-electron chi connectivity index (χ2n) is 6.13. The summed E-state index contributed by atoms with van der Waals surface area (Å²) in [4.78, 5) is 16.4. The van der Waals surface area contributed by atoms with Crippen molar-refractivity contribution >= 4 is 11.6 Å². The van der Waals surface area contributed by atoms with Crippen molar-refractivity contribution in [1.82, 2.24) is 10.3 Å². The molecule has 0 fully saturated rings. The number of carbonyl (C=O) groups excluding carboxylic acids is 1. The highest BCUT2D eigenvalue weighted by atomic mass is 16.5. The topological polar surface area (TPSA) is 77.2 Å². The van der Waals surface area contributed by atoms with E-state index in [2.05, 4.69) is 10.3 Å². The first-order chi connectivity index (χ1) is 10.4. The molecule has 2 heterocycles. The quantitative estimate of drug-likeness (QED) is 0.836. The molecule has 3 N–H and O–H groups in total. The van der Waals surface area contributed by atoms with E-state index in [-0.39, 0.29) is 17.6 Å². The third-order valence-corrected chi connectivity index (χ3v) is 3.72. The molecular weight excluding hydrogens is 278 g/mol. The predicted molar refractivity (Wildman–Crippen MR) is 84.6 cm³/mol. The second-order valence-corrected chi connectivity index (χ2v) is 6.13. The van der Waals surface area contributed by atoms with Crippen LogP contribution in [0.25, 0.3) is 0 Å². The Hall–Kier alpha value is -2.56. The zero-order chi connectivity index (χ0) is 15.7. The number of pyridine rings is 1. The molecule has 1 aromatic carbocycles. The van der Waals surface area contributed by atoms with E-state index in [4.69, 9.17) is 10.5 Å². The third kappa shape index (κ3) is 2.88. The van der Waals surface area contributed by atoms with E-state index >= 15 is 0 Å². The molecule has 5 nitrogen and oxygen atoms in total. The van der Waals surface area contributed by atoms with Crippen LogP contribution in [0.3, 0.4) is 0 Å². The lowest BCUT2D eigenvalue weighted by atomic mass is 9.89. The second kappa shape index (κ2) is 5.33. The molecule has 114 valence electrons. The van der Waals surface area contributed by atoms with E-state index in [1.165, 1.54) is 0 Å². The van der Waals surface area contributed by atoms with Gasteiger partial charge in [-0.3, -0.25) is 9.78 Å². The van der Waals surface area contributed by atoms with Crippen molar-refractivity contribution in [3.8, 4) is 5.75 Å². The fourth-order valence-electron chi connectivity index (χ4n) is 2.74. The summed E-state index contributed by atoms with van der Waals surface area (Å²) in [5.74, 6) is 0.617. The van der Waals surface area contributed by atoms with E-state index in [9.17, 15) is 4.79 Å². The lowest BCUT2D eigenvalue weighted by Crippen LogP contribution is -2.41. The molecular formula is C17H19N3O2. The molecule has 0 saturated carbocycles. The number of hydrogen-bond acceptors (Lipinski definition) is 4. The lowest BCUT2D eigenvalue weighted by molar-refractivity contribution is 0.0620. The first-order valence-electron chi connectivity index (χ1n) is 7.24. The summed E-state index contributed by atoms with van der Waals surface area (Å²) in [6, 6.07) is 8.87. The maximum absolute atomic E-state index is 12.4. The summed E-state index contributed by atoms with van der Waals surface area (Å²) < 4.78 is 5.97. The monoisotopic (exact) mass is 297 g/mol. The van der Waals surface area contributed by atoms with Gasteiger partial charge >= 0.3 is 0 Å². The predicted octanol–water partition coefficient (Wildman–Crippen LogP) is 2.70. The number of aromatic nitrogens is 1. The normalized spacial score (nSPS) is 18.9. The number of nitrogens with one attached hydrogen (secondary N) is 1. The molecule has 1 aliphatic heterocycles. The van der Waals surface area contributed by atoms with Crippen LogP contribution in [0.1, 0.15) is 42.2 Å². The molecule has 0 aliphatic carbocycles. The zero-order valence-electron chi connectivity index (χ0n) is 12.7. The van der Waals surface area contributed by atoms with Crippen molar-refractivity contribution < 1.29 is 9.53 Å². The number of amides is 1. The largest absolute Gasteiger partial charge is 0.487 e. The molecule has 0 spiro atoms. The third-order valence-electron chi connectivity index (χ3n) is 3.72. The maximum atomic E-state index is 12.4. The molecule has 2 aromatic rings. The van der Waals surface area contributed by atoms with Crippen molar-refractivity contribution in [2.24, 2.45) is 0 Å². The minimum absolute atomic E-state index is 0.144. The standard InChI is InChI=1S/C17H19N3O2/c1-17(2)9-14(13-8-12(18)5-6-15(13)22-17)20-16(21)11-4-3-7-19-10-11/h3-8,10,14H,9,18H2,1-2H3,(H,20,21). The first-order valence-corrected chi connectivity index (χ1v) is 7.24. The highest BCUT2D eigenvalue weighted by Gasteiger charge is 2.34. The number of carbonyl (C=O) groups is 1. The number of nitrogens with two attached hydrogens (primary N) is 1. The van der Waals surface area contributed by atoms with E-state index in [1.807, 2.05) is 26.0 Å². The van der Waals surface area contributed by atoms with Crippen LogP contribution in [-0.2, 0) is 0 Å². The van der Waals surface area contributed by atoms with Gasteiger partial charge < -0.3 is 15.8 Å². The lowest BCUT2D eigenvalue weighted by Gasteiger charge is -2.38. The van der Waals surface area contributed by atoms with Crippen LogP contribution >= 0.6 is 0 Å². The van der Waals surface area contributed by atoms with Gasteiger partial charge in [0.15, 0.2) is 0 Å². The number of fused-ring (bicyclic) bond motifs is 1. The number of benzene rings is 1. The minimum Gasteiger partial charge on any atom is -0.487 e. The summed E-state index contributed by atoms with van der Waals surface area (Å²) >= 11 is 0. The molecule has 5 heteroatoms. The van der Waals surface area contributed by atoms with Crippen LogP contribution in [0.15, 0.2) is 42.7 Å². The highest BCUT2D eigenvalue weighted by Crippen LogP contribution is 2.40. The van der Waals surface area contributed by atoms with Crippen LogP contribution in [0, 0.1) is 0 Å². The van der Waals surface area contributed by atoms with Gasteiger partial charge in [0.1, 0.15) is 11.4 Å². The molecule has 0 bridgehead atoms. The van der Waals surface area contributed by atoms with E-state index in [0.717, 1.165) is 11.3 Å². The molecule has 1 amide bonds. The fourth-order valence-corrected chi connectivity index (χ4v) is 2.74. The number of anilines is 1. The number of ether oxygens (including phenoxy) is 1. The molecule has 0 radical (unpaired) electrons. The smallest absolute Gasteiger partial charge is 0.253 e. The average molecular weight is 297 g/mol. The Morgan fingerprint density at radius 2 is 2.23 bits per heavy atom. The van der Waals surface area contributed by atoms with Gasteiger partial charge in [0.05, 0.1) is 11.6 Å². The fraction of sp³-hybridized carbons (Fsp3) is 0.294. The van der Waals surface area contributed by atoms with Gasteiger partial charge in [-0.2, -0.15) is 0 Å². The van der Waals surface area contributed by atoms with Gasteiger partial charge in [0.25, 0.3) is 5.91 Å². The van der Waals surface area contributed by atoms with Crippen molar-refractivity contribution in [3.05, 3.63) is 53.9 Å². The van der Waals surface area contributed by atoms with Gasteiger partial charge in [-0.15, -0.1) is 0 Å². The number of nitrogen functional groups attached to an aromatic ring is 1. The summed E-state index contributed by atoms with van der Waals surface area (Å²) in [6.07, 6.45) is 3.87. The van der Waals surface area contributed by atoms with Crippen molar-refractivity contribution in [3.63, 3.8) is 0 Å². The Bertz CT molecular complexity index is 698. The zero-order valence-corrected chi connectivity index (χ0v) is 12.7. The van der Waals surface area contributed by atoms with Crippen molar-refractivity contribution in [1.29, 1.82) is 0 Å². The molecule has 0 saturated heterocycles. The van der Waals surface area contributed by atoms with Crippen molar-refractivity contribution in [2.45, 2.75) is 31.9 Å². The Labute approximate surface area is 129 Å². The van der Waals surface area contributed by atoms with E-state index in [0.29, 0.717) is 17.7 Å². The van der Waals surface area contributed by atoms with Crippen LogP contribution in [0.5, 0.6) is 5.75 Å². The molecule has 1 atom stereocenters. The maximum Gasteiger partial charge on any atom is 0.253 e. The van der Waals surface area contributed by atoms with Crippen LogP contribution in [0.4, 0.5) is 5.69 Å². The Morgan fingerprint density at radius 1 is 1.41 bits per heavy atom. The summed E-state index contributed by atoms with van der Waals surface area (Å²) in [5, 5.41) is 3.06. The number of hydrogen-bond donors (Lipinski definition) is 2. The van der Waals surface area contributed by atoms with Gasteiger partial charge in [-0.05, 0) is 44.2 Å². The molecule has 1 aromatic heterocycles. The van der Waals surface area contributed by atoms with Crippen LogP contribution < -0.4 is 15.8 Å². The Balaban J connectivity index is 1.90. The van der Waals surface area contributed by atoms with Gasteiger partial charge in [-0.1, -0.05) is 0 Å². The average Bonchev–Trinajstić information content (AvgIpc) is 2.48. The Kier molecular flexibility index (Phi) is 3.48. The molecule has 22 heavy (non-hydrogen) atoms. The van der Waals surface area contributed by atoms with Crippen LogP contribution in [0.2, 0.25) is 0 Å². The SMILES string of the molecule is CC1(C)CC(NC(=O)c2cccnc2)c2cc(N)ccc2O1. The summed E-state index contributed by atoms with van der Waals surface area (Å²) in [5.41, 5.74) is 7.63. The highest BCUT2D eigenvalue weighted by molar-refractivity contribution is 5.94. The first kappa shape index (κ1) is 14.4. The molecule has 3 rings (SSSR count). The molecule has 1 unspecified atom stereocenters. The van der Waals surface area contributed by atoms with Crippen LogP contribution in [-0.4, -0.2) is 16.5 Å². The van der Waals surface area contributed by atoms with Gasteiger partial charge in [0, 0.05) is 30.1 Å². The number of nitrogens with zero attached hydrogens (tertiary/aromatic N) is 1. The van der Waals surface area contributed by atoms with Gasteiger partial charge in [0.2, 0.25) is 0 Å². The minimum atomic E-state index is -0.351. The van der Waals surface area contributed by atoms with Gasteiger partial charge in [-0.25, -0.2) is 0 Å². The Morgan fingerprint density at radius 3 is 2.95 bits per heavy atom. The van der Waals surface area contributed by atoms with E-state index in [1.54, 1.807) is 30.6 Å². The van der Waals surface area contributed by atoms with Crippen molar-refractivity contribution in [2.75, 3.05) is 5.73 Å². The number of rotatable bonds is 2. The molecule has 1 aliphatic rings. The summed E-state index contributed by atoms with van der Waals surface area (Å²) in [7, 11) is 0. The van der Waals surface area contributed by atoms with E-state index < -0.39 is 0 Å².